The summed E-state index contributed by atoms with van der Waals surface area (Å²) in [6, 6.07) is 17.0. The van der Waals surface area contributed by atoms with Gasteiger partial charge in [0.1, 0.15) is 11.4 Å². The van der Waals surface area contributed by atoms with Crippen molar-refractivity contribution in [2.75, 3.05) is 18.2 Å². The number of hydrogen-bond donors (Lipinski definition) is 2. The number of anilines is 1. The molecule has 0 saturated carbocycles. The van der Waals surface area contributed by atoms with E-state index in [0.717, 1.165) is 40.0 Å². The molecule has 0 radical (unpaired) electrons. The van der Waals surface area contributed by atoms with Crippen LogP contribution in [0.15, 0.2) is 66.0 Å². The van der Waals surface area contributed by atoms with E-state index in [-0.39, 0.29) is 5.91 Å². The molecule has 7 nitrogen and oxygen atoms in total. The first kappa shape index (κ1) is 18.5. The molecule has 8 heteroatoms. The Hall–Kier alpha value is -3.52. The average Bonchev–Trinajstić information content (AvgIpc) is 3.50. The van der Waals surface area contributed by atoms with Crippen LogP contribution in [-0.2, 0) is 6.54 Å². The summed E-state index contributed by atoms with van der Waals surface area (Å²) in [4.78, 5) is 17.4. The number of ether oxygens (including phenoxy) is 1. The third-order valence-corrected chi connectivity index (χ3v) is 5.88. The molecule has 0 aliphatic carbocycles. The van der Waals surface area contributed by atoms with E-state index in [4.69, 9.17) is 4.74 Å². The smallest absolute Gasteiger partial charge is 0.273 e. The average molecular weight is 417 g/mol. The zero-order chi connectivity index (χ0) is 20.5. The fourth-order valence-electron chi connectivity index (χ4n) is 3.37. The minimum Gasteiger partial charge on any atom is -0.497 e. The van der Waals surface area contributed by atoms with Crippen LogP contribution in [0.2, 0.25) is 0 Å². The van der Waals surface area contributed by atoms with Crippen LogP contribution in [0.1, 0.15) is 10.5 Å². The number of amides is 1. The number of hydrogen-bond acceptors (Lipinski definition) is 5. The highest BCUT2D eigenvalue weighted by Gasteiger charge is 2.16. The number of carbonyl (C=O) groups excluding carboxylic acids is 1. The van der Waals surface area contributed by atoms with E-state index in [2.05, 4.69) is 31.3 Å². The number of aromatic nitrogens is 4. The van der Waals surface area contributed by atoms with E-state index < -0.39 is 0 Å². The first-order valence-electron chi connectivity index (χ1n) is 9.51. The molecule has 0 atom stereocenters. The minimum absolute atomic E-state index is 0.253. The molecule has 4 aromatic rings. The van der Waals surface area contributed by atoms with Crippen molar-refractivity contribution in [3.05, 3.63) is 66.5 Å². The topological polar surface area (TPSA) is 84.8 Å². The molecule has 0 bridgehead atoms. The monoisotopic (exact) mass is 417 g/mol. The van der Waals surface area contributed by atoms with Crippen LogP contribution in [0.4, 0.5) is 5.69 Å². The SMILES string of the molecule is COc1cccc(-c2cc(C(=O)Nc3cccc(-c4cn5c(n4)SCC5)c3)[nH]n2)c1. The van der Waals surface area contributed by atoms with Gasteiger partial charge in [0.05, 0.1) is 18.5 Å². The first-order valence-corrected chi connectivity index (χ1v) is 10.5. The van der Waals surface area contributed by atoms with Crippen molar-refractivity contribution in [3.63, 3.8) is 0 Å². The van der Waals surface area contributed by atoms with Gasteiger partial charge in [-0.3, -0.25) is 9.89 Å². The summed E-state index contributed by atoms with van der Waals surface area (Å²) >= 11 is 1.76. The lowest BCUT2D eigenvalue weighted by molar-refractivity contribution is 0.102. The molecule has 1 amide bonds. The summed E-state index contributed by atoms with van der Waals surface area (Å²) in [5.74, 6) is 1.55. The molecule has 30 heavy (non-hydrogen) atoms. The summed E-state index contributed by atoms with van der Waals surface area (Å²) in [6.45, 7) is 0.985. The fourth-order valence-corrected chi connectivity index (χ4v) is 4.32. The molecule has 0 fully saturated rings. The molecule has 1 aliphatic heterocycles. The molecule has 5 rings (SSSR count). The zero-order valence-corrected chi connectivity index (χ0v) is 17.1. The number of H-pyrrole nitrogens is 1. The standard InChI is InChI=1S/C22H19N5O2S/c1-29-17-7-3-5-15(11-17)18-12-19(26-25-18)21(28)23-16-6-2-4-14(10-16)20-13-27-8-9-30-22(27)24-20/h2-7,10-13H,8-9H2,1H3,(H,23,28)(H,25,26). The van der Waals surface area contributed by atoms with E-state index in [1.165, 1.54) is 0 Å². The lowest BCUT2D eigenvalue weighted by Gasteiger charge is -2.05. The van der Waals surface area contributed by atoms with Gasteiger partial charge in [0.2, 0.25) is 0 Å². The zero-order valence-electron chi connectivity index (χ0n) is 16.3. The van der Waals surface area contributed by atoms with Crippen LogP contribution in [0.25, 0.3) is 22.5 Å². The number of benzene rings is 2. The van der Waals surface area contributed by atoms with Crippen LogP contribution < -0.4 is 10.1 Å². The van der Waals surface area contributed by atoms with Crippen molar-refractivity contribution in [3.8, 4) is 28.3 Å². The highest BCUT2D eigenvalue weighted by atomic mass is 32.2. The lowest BCUT2D eigenvalue weighted by atomic mass is 10.1. The number of nitrogens with zero attached hydrogens (tertiary/aromatic N) is 3. The second-order valence-corrected chi connectivity index (χ2v) is 7.95. The Labute approximate surface area is 177 Å². The van der Waals surface area contributed by atoms with Gasteiger partial charge in [-0.1, -0.05) is 36.0 Å². The largest absolute Gasteiger partial charge is 0.497 e. The normalized spacial score (nSPS) is 12.6. The Kier molecular flexibility index (Phi) is 4.76. The molecule has 1 aliphatic rings. The van der Waals surface area contributed by atoms with E-state index in [1.54, 1.807) is 24.9 Å². The third-order valence-electron chi connectivity index (χ3n) is 4.91. The van der Waals surface area contributed by atoms with Crippen molar-refractivity contribution >= 4 is 23.4 Å². The van der Waals surface area contributed by atoms with Gasteiger partial charge in [0.25, 0.3) is 5.91 Å². The van der Waals surface area contributed by atoms with Gasteiger partial charge in [-0.05, 0) is 30.3 Å². The quantitative estimate of drug-likeness (QED) is 0.506. The van der Waals surface area contributed by atoms with Gasteiger partial charge in [-0.15, -0.1) is 0 Å². The predicted molar refractivity (Wildman–Crippen MR) is 117 cm³/mol. The number of carbonyl (C=O) groups is 1. The molecule has 2 aromatic heterocycles. The van der Waals surface area contributed by atoms with E-state index in [1.807, 2.05) is 48.5 Å². The van der Waals surface area contributed by atoms with Crippen LogP contribution in [-0.4, -0.2) is 38.5 Å². The maximum atomic E-state index is 12.7. The van der Waals surface area contributed by atoms with Gasteiger partial charge < -0.3 is 14.6 Å². The molecule has 3 heterocycles. The number of aryl methyl sites for hydroxylation is 1. The minimum atomic E-state index is -0.253. The number of imidazole rings is 1. The van der Waals surface area contributed by atoms with Crippen LogP contribution in [0.3, 0.4) is 0 Å². The Morgan fingerprint density at radius 3 is 2.80 bits per heavy atom. The van der Waals surface area contributed by atoms with Crippen molar-refractivity contribution in [2.24, 2.45) is 0 Å². The summed E-state index contributed by atoms with van der Waals surface area (Å²) in [6.07, 6.45) is 2.06. The van der Waals surface area contributed by atoms with Crippen molar-refractivity contribution < 1.29 is 9.53 Å². The second kappa shape index (κ2) is 7.72. The Bertz CT molecular complexity index is 1210. The third kappa shape index (κ3) is 3.57. The Morgan fingerprint density at radius 2 is 1.97 bits per heavy atom. The van der Waals surface area contributed by atoms with Crippen LogP contribution >= 0.6 is 11.8 Å². The van der Waals surface area contributed by atoms with Gasteiger partial charge >= 0.3 is 0 Å². The number of aromatic amines is 1. The summed E-state index contributed by atoms with van der Waals surface area (Å²) in [5, 5.41) is 11.0. The highest BCUT2D eigenvalue weighted by molar-refractivity contribution is 7.99. The Balaban J connectivity index is 1.34. The van der Waals surface area contributed by atoms with E-state index in [0.29, 0.717) is 17.1 Å². The van der Waals surface area contributed by atoms with E-state index >= 15 is 0 Å². The number of nitrogens with one attached hydrogen (secondary N) is 2. The number of fused-ring (bicyclic) bond motifs is 1. The summed E-state index contributed by atoms with van der Waals surface area (Å²) < 4.78 is 7.41. The van der Waals surface area contributed by atoms with Crippen molar-refractivity contribution in [1.82, 2.24) is 19.7 Å². The molecule has 150 valence electrons. The van der Waals surface area contributed by atoms with Gasteiger partial charge in [-0.2, -0.15) is 5.10 Å². The van der Waals surface area contributed by atoms with Gasteiger partial charge in [0, 0.05) is 35.3 Å². The van der Waals surface area contributed by atoms with Crippen molar-refractivity contribution in [2.45, 2.75) is 11.7 Å². The first-order chi connectivity index (χ1) is 14.7. The van der Waals surface area contributed by atoms with E-state index in [9.17, 15) is 4.79 Å². The maximum absolute atomic E-state index is 12.7. The molecular formula is C22H19N5O2S. The lowest BCUT2D eigenvalue weighted by Crippen LogP contribution is -2.12. The number of methoxy groups -OCH3 is 1. The van der Waals surface area contributed by atoms with Crippen molar-refractivity contribution in [1.29, 1.82) is 0 Å². The molecule has 0 unspecified atom stereocenters. The second-order valence-electron chi connectivity index (χ2n) is 6.88. The summed E-state index contributed by atoms with van der Waals surface area (Å²) in [7, 11) is 1.62. The fraction of sp³-hybridized carbons (Fsp3) is 0.136. The predicted octanol–water partition coefficient (Wildman–Crippen LogP) is 4.31. The molecule has 0 spiro atoms. The molecule has 2 N–H and O–H groups in total. The number of thioether (sulfide) groups is 1. The number of rotatable bonds is 5. The molecular weight excluding hydrogens is 398 g/mol. The van der Waals surface area contributed by atoms with Gasteiger partial charge in [0.15, 0.2) is 5.16 Å². The van der Waals surface area contributed by atoms with Crippen LogP contribution in [0.5, 0.6) is 5.75 Å². The maximum Gasteiger partial charge on any atom is 0.273 e. The van der Waals surface area contributed by atoms with Crippen LogP contribution in [0, 0.1) is 0 Å². The summed E-state index contributed by atoms with van der Waals surface area (Å²) in [5.41, 5.74) is 4.52. The molecule has 2 aromatic carbocycles. The highest BCUT2D eigenvalue weighted by Crippen LogP contribution is 2.30. The Morgan fingerprint density at radius 1 is 1.13 bits per heavy atom. The van der Waals surface area contributed by atoms with Gasteiger partial charge in [-0.25, -0.2) is 4.98 Å². The molecule has 0 saturated heterocycles.